The van der Waals surface area contributed by atoms with Gasteiger partial charge in [-0.3, -0.25) is 0 Å². The van der Waals surface area contributed by atoms with Gasteiger partial charge in [-0.2, -0.15) is 4.98 Å². The Balaban J connectivity index is 1.82. The molecule has 3 aromatic rings. The van der Waals surface area contributed by atoms with E-state index >= 15 is 0 Å². The highest BCUT2D eigenvalue weighted by atomic mass is 35.5. The van der Waals surface area contributed by atoms with E-state index in [9.17, 15) is 0 Å². The summed E-state index contributed by atoms with van der Waals surface area (Å²) in [7, 11) is 3.18. The molecule has 0 saturated carbocycles. The number of aromatic nitrogens is 2. The molecule has 0 spiro atoms. The number of rotatable bonds is 5. The predicted molar refractivity (Wildman–Crippen MR) is 87.1 cm³/mol. The third-order valence-corrected chi connectivity index (χ3v) is 3.63. The molecule has 0 amide bonds. The summed E-state index contributed by atoms with van der Waals surface area (Å²) in [6.07, 6.45) is 0.577. The molecule has 118 valence electrons. The first-order chi connectivity index (χ1) is 11.2. The molecule has 0 aliphatic rings. The third kappa shape index (κ3) is 3.46. The zero-order chi connectivity index (χ0) is 16.2. The molecule has 3 rings (SSSR count). The van der Waals surface area contributed by atoms with E-state index in [0.717, 1.165) is 11.1 Å². The summed E-state index contributed by atoms with van der Waals surface area (Å²) in [5.41, 5.74) is 1.84. The van der Waals surface area contributed by atoms with Gasteiger partial charge in [0.15, 0.2) is 17.3 Å². The number of benzene rings is 2. The lowest BCUT2D eigenvalue weighted by molar-refractivity contribution is 0.355. The topological polar surface area (TPSA) is 57.4 Å². The molecule has 0 aliphatic heterocycles. The lowest BCUT2D eigenvalue weighted by Crippen LogP contribution is -1.92. The van der Waals surface area contributed by atoms with Gasteiger partial charge in [0.2, 0.25) is 0 Å². The molecule has 2 aromatic carbocycles. The monoisotopic (exact) mass is 330 g/mol. The Morgan fingerprint density at radius 1 is 1.00 bits per heavy atom. The van der Waals surface area contributed by atoms with Gasteiger partial charge in [-0.1, -0.05) is 28.9 Å². The summed E-state index contributed by atoms with van der Waals surface area (Å²) < 4.78 is 15.8. The van der Waals surface area contributed by atoms with Crippen LogP contribution < -0.4 is 9.47 Å². The maximum absolute atomic E-state index is 5.88. The van der Waals surface area contributed by atoms with Crippen molar-refractivity contribution >= 4 is 11.6 Å². The Bertz CT molecular complexity index is 800. The standard InChI is InChI=1S/C17H15ClN2O3/c1-21-14-8-5-12(10-15(14)22-2)17-19-16(20-23-17)9-11-3-6-13(18)7-4-11/h3-8,10H,9H2,1-2H3. The number of nitrogens with zero attached hydrogens (tertiary/aromatic N) is 2. The average molecular weight is 331 g/mol. The van der Waals surface area contributed by atoms with Crippen LogP contribution in [0, 0.1) is 0 Å². The zero-order valence-electron chi connectivity index (χ0n) is 12.7. The van der Waals surface area contributed by atoms with E-state index in [1.165, 1.54) is 0 Å². The van der Waals surface area contributed by atoms with Crippen LogP contribution >= 0.6 is 11.6 Å². The molecule has 0 fully saturated rings. The molecule has 0 bridgehead atoms. The molecule has 1 heterocycles. The number of methoxy groups -OCH3 is 2. The molecule has 0 saturated heterocycles. The van der Waals surface area contributed by atoms with Gasteiger partial charge in [0.25, 0.3) is 5.89 Å². The van der Waals surface area contributed by atoms with Crippen molar-refractivity contribution in [3.63, 3.8) is 0 Å². The summed E-state index contributed by atoms with van der Waals surface area (Å²) in [4.78, 5) is 4.42. The van der Waals surface area contributed by atoms with Crippen molar-refractivity contribution in [2.24, 2.45) is 0 Å². The van der Waals surface area contributed by atoms with Crippen LogP contribution in [-0.2, 0) is 6.42 Å². The Kier molecular flexibility index (Phi) is 4.48. The Labute approximate surface area is 138 Å². The first-order valence-corrected chi connectivity index (χ1v) is 7.37. The van der Waals surface area contributed by atoms with Crippen molar-refractivity contribution in [2.45, 2.75) is 6.42 Å². The van der Waals surface area contributed by atoms with E-state index in [4.69, 9.17) is 25.6 Å². The Morgan fingerprint density at radius 2 is 1.74 bits per heavy atom. The lowest BCUT2D eigenvalue weighted by atomic mass is 10.1. The second-order valence-electron chi connectivity index (χ2n) is 4.89. The van der Waals surface area contributed by atoms with Crippen LogP contribution in [0.3, 0.4) is 0 Å². The summed E-state index contributed by atoms with van der Waals surface area (Å²) in [5.74, 6) is 2.31. The number of ether oxygens (including phenoxy) is 2. The summed E-state index contributed by atoms with van der Waals surface area (Å²) in [6, 6.07) is 13.0. The predicted octanol–water partition coefficient (Wildman–Crippen LogP) is 4.00. The Morgan fingerprint density at radius 3 is 2.43 bits per heavy atom. The smallest absolute Gasteiger partial charge is 0.258 e. The van der Waals surface area contributed by atoms with E-state index in [2.05, 4.69) is 10.1 Å². The van der Waals surface area contributed by atoms with Gasteiger partial charge in [0.1, 0.15) is 0 Å². The molecular formula is C17H15ClN2O3. The number of hydrogen-bond acceptors (Lipinski definition) is 5. The minimum atomic E-state index is 0.440. The highest BCUT2D eigenvalue weighted by Gasteiger charge is 2.12. The second-order valence-corrected chi connectivity index (χ2v) is 5.33. The number of hydrogen-bond donors (Lipinski definition) is 0. The molecule has 0 N–H and O–H groups in total. The maximum atomic E-state index is 5.88. The van der Waals surface area contributed by atoms with Crippen molar-refractivity contribution in [2.75, 3.05) is 14.2 Å². The molecule has 0 aliphatic carbocycles. The van der Waals surface area contributed by atoms with E-state index in [1.54, 1.807) is 26.4 Å². The third-order valence-electron chi connectivity index (χ3n) is 3.37. The highest BCUT2D eigenvalue weighted by molar-refractivity contribution is 6.30. The SMILES string of the molecule is COc1ccc(-c2nc(Cc3ccc(Cl)cc3)no2)cc1OC. The van der Waals surface area contributed by atoms with Crippen molar-refractivity contribution < 1.29 is 14.0 Å². The molecule has 5 nitrogen and oxygen atoms in total. The molecule has 0 atom stereocenters. The van der Waals surface area contributed by atoms with Gasteiger partial charge < -0.3 is 14.0 Å². The van der Waals surface area contributed by atoms with Crippen LogP contribution in [0.1, 0.15) is 11.4 Å². The number of halogens is 1. The summed E-state index contributed by atoms with van der Waals surface area (Å²) >= 11 is 5.88. The molecule has 0 radical (unpaired) electrons. The van der Waals surface area contributed by atoms with Crippen LogP contribution in [0.15, 0.2) is 47.0 Å². The van der Waals surface area contributed by atoms with Crippen LogP contribution in [0.2, 0.25) is 5.02 Å². The lowest BCUT2D eigenvalue weighted by Gasteiger charge is -2.07. The minimum absolute atomic E-state index is 0.440. The average Bonchev–Trinajstić information content (AvgIpc) is 3.05. The molecule has 1 aromatic heterocycles. The Hall–Kier alpha value is -2.53. The van der Waals surface area contributed by atoms with Gasteiger partial charge in [-0.15, -0.1) is 0 Å². The van der Waals surface area contributed by atoms with Crippen LogP contribution in [0.5, 0.6) is 11.5 Å². The van der Waals surface area contributed by atoms with E-state index in [-0.39, 0.29) is 0 Å². The van der Waals surface area contributed by atoms with E-state index in [0.29, 0.717) is 34.7 Å². The molecule has 23 heavy (non-hydrogen) atoms. The fourth-order valence-electron chi connectivity index (χ4n) is 2.20. The second kappa shape index (κ2) is 6.71. The van der Waals surface area contributed by atoms with Crippen molar-refractivity contribution in [3.05, 3.63) is 58.9 Å². The van der Waals surface area contributed by atoms with Crippen LogP contribution in [0.4, 0.5) is 0 Å². The van der Waals surface area contributed by atoms with E-state index in [1.807, 2.05) is 30.3 Å². The minimum Gasteiger partial charge on any atom is -0.493 e. The zero-order valence-corrected chi connectivity index (χ0v) is 13.5. The summed E-state index contributed by atoms with van der Waals surface area (Å²) in [5, 5.41) is 4.72. The van der Waals surface area contributed by atoms with Gasteiger partial charge in [-0.25, -0.2) is 0 Å². The fourth-order valence-corrected chi connectivity index (χ4v) is 2.32. The normalized spacial score (nSPS) is 10.6. The van der Waals surface area contributed by atoms with Gasteiger partial charge >= 0.3 is 0 Å². The van der Waals surface area contributed by atoms with Gasteiger partial charge in [0.05, 0.1) is 14.2 Å². The quantitative estimate of drug-likeness (QED) is 0.707. The van der Waals surface area contributed by atoms with Crippen molar-refractivity contribution in [1.29, 1.82) is 0 Å². The van der Waals surface area contributed by atoms with Crippen molar-refractivity contribution in [3.8, 4) is 23.0 Å². The summed E-state index contributed by atoms with van der Waals surface area (Å²) in [6.45, 7) is 0. The van der Waals surface area contributed by atoms with Gasteiger partial charge in [-0.05, 0) is 35.9 Å². The largest absolute Gasteiger partial charge is 0.493 e. The molecule has 6 heteroatoms. The van der Waals surface area contributed by atoms with E-state index < -0.39 is 0 Å². The van der Waals surface area contributed by atoms with Crippen LogP contribution in [-0.4, -0.2) is 24.4 Å². The van der Waals surface area contributed by atoms with Crippen LogP contribution in [0.25, 0.3) is 11.5 Å². The van der Waals surface area contributed by atoms with Gasteiger partial charge in [0, 0.05) is 17.0 Å². The molecule has 0 unspecified atom stereocenters. The fraction of sp³-hybridized carbons (Fsp3) is 0.176. The first kappa shape index (κ1) is 15.4. The van der Waals surface area contributed by atoms with Crippen molar-refractivity contribution in [1.82, 2.24) is 10.1 Å². The maximum Gasteiger partial charge on any atom is 0.258 e. The first-order valence-electron chi connectivity index (χ1n) is 6.99. The molecular weight excluding hydrogens is 316 g/mol. The highest BCUT2D eigenvalue weighted by Crippen LogP contribution is 2.31.